The molecule has 0 saturated heterocycles. The molecule has 0 fully saturated rings. The van der Waals surface area contributed by atoms with Crippen LogP contribution in [0.5, 0.6) is 11.5 Å². The zero-order valence-electron chi connectivity index (χ0n) is 11.7. The van der Waals surface area contributed by atoms with Gasteiger partial charge in [-0.3, -0.25) is 0 Å². The molecule has 1 N–H and O–H groups in total. The zero-order chi connectivity index (χ0) is 14.7. The van der Waals surface area contributed by atoms with Gasteiger partial charge in [0.15, 0.2) is 0 Å². The van der Waals surface area contributed by atoms with Crippen LogP contribution in [-0.4, -0.2) is 5.11 Å². The molecular formula is C18H16O2S. The molecule has 0 aliphatic carbocycles. The van der Waals surface area contributed by atoms with E-state index in [4.69, 9.17) is 4.74 Å². The van der Waals surface area contributed by atoms with Crippen molar-refractivity contribution in [1.29, 1.82) is 0 Å². The van der Waals surface area contributed by atoms with E-state index in [0.717, 1.165) is 27.5 Å². The third-order valence-electron chi connectivity index (χ3n) is 3.32. The molecule has 0 bridgehead atoms. The monoisotopic (exact) mass is 296 g/mol. The highest BCUT2D eigenvalue weighted by molar-refractivity contribution is 7.10. The number of rotatable bonds is 4. The van der Waals surface area contributed by atoms with Crippen LogP contribution in [0, 0.1) is 6.92 Å². The van der Waals surface area contributed by atoms with Gasteiger partial charge in [0.25, 0.3) is 0 Å². The number of benzene rings is 2. The van der Waals surface area contributed by atoms with Crippen LogP contribution < -0.4 is 4.74 Å². The average molecular weight is 296 g/mol. The third kappa shape index (κ3) is 3.15. The number of thiophene rings is 1. The lowest BCUT2D eigenvalue weighted by Crippen LogP contribution is -1.98. The molecule has 0 aliphatic rings. The van der Waals surface area contributed by atoms with E-state index in [1.54, 1.807) is 11.3 Å². The molecule has 1 unspecified atom stereocenters. The summed E-state index contributed by atoms with van der Waals surface area (Å²) >= 11 is 1.58. The highest BCUT2D eigenvalue weighted by Gasteiger charge is 2.14. The van der Waals surface area contributed by atoms with Crippen molar-refractivity contribution < 1.29 is 9.84 Å². The lowest BCUT2D eigenvalue weighted by molar-refractivity contribution is 0.223. The van der Waals surface area contributed by atoms with Crippen LogP contribution in [0.2, 0.25) is 0 Å². The molecule has 1 heterocycles. The number of ether oxygens (including phenoxy) is 1. The summed E-state index contributed by atoms with van der Waals surface area (Å²) in [5, 5.41) is 12.4. The van der Waals surface area contributed by atoms with E-state index in [-0.39, 0.29) is 0 Å². The predicted octanol–water partition coefficient (Wildman–Crippen LogP) is 4.93. The normalized spacial score (nSPS) is 12.1. The first-order valence-corrected chi connectivity index (χ1v) is 7.67. The molecule has 0 aliphatic heterocycles. The lowest BCUT2D eigenvalue weighted by atomic mass is 10.1. The van der Waals surface area contributed by atoms with E-state index in [0.29, 0.717) is 0 Å². The second-order valence-corrected chi connectivity index (χ2v) is 5.80. The van der Waals surface area contributed by atoms with Gasteiger partial charge in [0, 0.05) is 4.88 Å². The van der Waals surface area contributed by atoms with E-state index in [1.165, 1.54) is 0 Å². The van der Waals surface area contributed by atoms with Gasteiger partial charge in [0.1, 0.15) is 17.6 Å². The van der Waals surface area contributed by atoms with Crippen LogP contribution in [0.1, 0.15) is 22.1 Å². The molecule has 1 aromatic heterocycles. The minimum absolute atomic E-state index is 0.573. The molecule has 106 valence electrons. The first kappa shape index (κ1) is 13.9. The van der Waals surface area contributed by atoms with Crippen LogP contribution in [0.4, 0.5) is 0 Å². The van der Waals surface area contributed by atoms with Gasteiger partial charge in [-0.05, 0) is 53.8 Å². The molecular weight excluding hydrogens is 280 g/mol. The Balaban J connectivity index is 1.77. The summed E-state index contributed by atoms with van der Waals surface area (Å²) in [6.07, 6.45) is -0.573. The zero-order valence-corrected chi connectivity index (χ0v) is 12.5. The highest BCUT2D eigenvalue weighted by Crippen LogP contribution is 2.30. The van der Waals surface area contributed by atoms with Gasteiger partial charge in [-0.1, -0.05) is 30.3 Å². The van der Waals surface area contributed by atoms with Gasteiger partial charge in [-0.25, -0.2) is 0 Å². The quantitative estimate of drug-likeness (QED) is 0.739. The van der Waals surface area contributed by atoms with Crippen molar-refractivity contribution in [2.24, 2.45) is 0 Å². The Bertz CT molecular complexity index is 702. The van der Waals surface area contributed by atoms with Gasteiger partial charge < -0.3 is 9.84 Å². The predicted molar refractivity (Wildman–Crippen MR) is 86.1 cm³/mol. The Kier molecular flexibility index (Phi) is 4.04. The van der Waals surface area contributed by atoms with E-state index >= 15 is 0 Å². The van der Waals surface area contributed by atoms with Crippen LogP contribution in [0.15, 0.2) is 66.0 Å². The van der Waals surface area contributed by atoms with Crippen molar-refractivity contribution in [2.75, 3.05) is 0 Å². The summed E-state index contributed by atoms with van der Waals surface area (Å²) in [5.41, 5.74) is 2.00. The molecule has 3 rings (SSSR count). The van der Waals surface area contributed by atoms with Crippen molar-refractivity contribution in [3.8, 4) is 11.5 Å². The number of aliphatic hydroxyl groups excluding tert-OH is 1. The topological polar surface area (TPSA) is 29.5 Å². The SMILES string of the molecule is Cc1ccsc1C(O)c1ccc(Oc2ccccc2)cc1. The van der Waals surface area contributed by atoms with Crippen molar-refractivity contribution in [1.82, 2.24) is 0 Å². The largest absolute Gasteiger partial charge is 0.457 e. The Labute approximate surface area is 128 Å². The van der Waals surface area contributed by atoms with E-state index in [9.17, 15) is 5.11 Å². The molecule has 1 atom stereocenters. The number of aryl methyl sites for hydroxylation is 1. The van der Waals surface area contributed by atoms with Gasteiger partial charge >= 0.3 is 0 Å². The van der Waals surface area contributed by atoms with Gasteiger partial charge in [0.2, 0.25) is 0 Å². The van der Waals surface area contributed by atoms with Crippen LogP contribution in [-0.2, 0) is 0 Å². The van der Waals surface area contributed by atoms with Crippen LogP contribution in [0.25, 0.3) is 0 Å². The van der Waals surface area contributed by atoms with Crippen LogP contribution >= 0.6 is 11.3 Å². The summed E-state index contributed by atoms with van der Waals surface area (Å²) in [5.74, 6) is 1.57. The molecule has 2 nitrogen and oxygen atoms in total. The summed E-state index contributed by atoms with van der Waals surface area (Å²) in [6.45, 7) is 2.02. The standard InChI is InChI=1S/C18H16O2S/c1-13-11-12-21-18(13)17(19)14-7-9-16(10-8-14)20-15-5-3-2-4-6-15/h2-12,17,19H,1H3. The van der Waals surface area contributed by atoms with Gasteiger partial charge in [-0.15, -0.1) is 11.3 Å². The van der Waals surface area contributed by atoms with E-state index in [2.05, 4.69) is 0 Å². The Morgan fingerprint density at radius 2 is 1.57 bits per heavy atom. The average Bonchev–Trinajstić information content (AvgIpc) is 2.94. The minimum Gasteiger partial charge on any atom is -0.457 e. The summed E-state index contributed by atoms with van der Waals surface area (Å²) in [7, 11) is 0. The maximum atomic E-state index is 10.4. The number of hydrogen-bond acceptors (Lipinski definition) is 3. The Morgan fingerprint density at radius 1 is 0.905 bits per heavy atom. The third-order valence-corrected chi connectivity index (χ3v) is 4.40. The number of para-hydroxylation sites is 1. The maximum absolute atomic E-state index is 10.4. The highest BCUT2D eigenvalue weighted by atomic mass is 32.1. The van der Waals surface area contributed by atoms with Gasteiger partial charge in [0.05, 0.1) is 0 Å². The van der Waals surface area contributed by atoms with Crippen molar-refractivity contribution in [2.45, 2.75) is 13.0 Å². The number of hydrogen-bond donors (Lipinski definition) is 1. The molecule has 3 heteroatoms. The van der Waals surface area contributed by atoms with E-state index < -0.39 is 6.10 Å². The Morgan fingerprint density at radius 3 is 2.19 bits per heavy atom. The van der Waals surface area contributed by atoms with Crippen molar-refractivity contribution in [3.63, 3.8) is 0 Å². The first-order valence-electron chi connectivity index (χ1n) is 6.79. The summed E-state index contributed by atoms with van der Waals surface area (Å²) < 4.78 is 5.75. The smallest absolute Gasteiger partial charge is 0.127 e. The molecule has 0 spiro atoms. The van der Waals surface area contributed by atoms with Gasteiger partial charge in [-0.2, -0.15) is 0 Å². The fourth-order valence-electron chi connectivity index (χ4n) is 2.16. The molecule has 0 amide bonds. The fraction of sp³-hybridized carbons (Fsp3) is 0.111. The van der Waals surface area contributed by atoms with Crippen molar-refractivity contribution >= 4 is 11.3 Å². The Hall–Kier alpha value is -2.10. The second-order valence-electron chi connectivity index (χ2n) is 4.85. The second kappa shape index (κ2) is 6.12. The minimum atomic E-state index is -0.573. The maximum Gasteiger partial charge on any atom is 0.127 e. The molecule has 0 saturated carbocycles. The van der Waals surface area contributed by atoms with Crippen LogP contribution in [0.3, 0.4) is 0 Å². The summed E-state index contributed by atoms with van der Waals surface area (Å²) in [6, 6.07) is 19.3. The van der Waals surface area contributed by atoms with Crippen molar-refractivity contribution in [3.05, 3.63) is 82.0 Å². The number of aliphatic hydroxyl groups is 1. The summed E-state index contributed by atoms with van der Waals surface area (Å²) in [4.78, 5) is 0.992. The molecule has 21 heavy (non-hydrogen) atoms. The first-order chi connectivity index (χ1) is 10.2. The molecule has 2 aromatic carbocycles. The lowest BCUT2D eigenvalue weighted by Gasteiger charge is -2.12. The molecule has 3 aromatic rings. The van der Waals surface area contributed by atoms with E-state index in [1.807, 2.05) is 73.0 Å². The fourth-order valence-corrected chi connectivity index (χ4v) is 3.10. The molecule has 0 radical (unpaired) electrons.